The highest BCUT2D eigenvalue weighted by Gasteiger charge is 2.14. The van der Waals surface area contributed by atoms with E-state index in [-0.39, 0.29) is 12.4 Å². The lowest BCUT2D eigenvalue weighted by Gasteiger charge is -2.31. The van der Waals surface area contributed by atoms with Gasteiger partial charge in [-0.05, 0) is 18.1 Å². The van der Waals surface area contributed by atoms with Gasteiger partial charge in [-0.15, -0.1) is 12.4 Å². The maximum Gasteiger partial charge on any atom is 0.0456 e. The van der Waals surface area contributed by atoms with Crippen molar-refractivity contribution in [1.29, 1.82) is 0 Å². The molecule has 1 aliphatic rings. The van der Waals surface area contributed by atoms with Gasteiger partial charge in [0.15, 0.2) is 0 Å². The molecule has 104 valence electrons. The average Bonchev–Trinajstić information content (AvgIpc) is 2.82. The summed E-state index contributed by atoms with van der Waals surface area (Å²) >= 11 is 0. The van der Waals surface area contributed by atoms with E-state index in [0.717, 1.165) is 39.1 Å². The summed E-state index contributed by atoms with van der Waals surface area (Å²) in [6.07, 6.45) is 3.25. The molecule has 0 radical (unpaired) electrons. The number of H-pyrrole nitrogens is 1. The monoisotopic (exact) mass is 280 g/mol. The van der Waals surface area contributed by atoms with Crippen LogP contribution in [0, 0.1) is 0 Å². The number of aromatic amines is 1. The number of nitrogens with two attached hydrogens (primary N) is 1. The molecule has 0 unspecified atom stereocenters. The third-order valence-electron chi connectivity index (χ3n) is 3.78. The SMILES string of the molecule is Cl.NN1CCN(CCc2c[nH]c3ccccc23)CC1. The average molecular weight is 281 g/mol. The number of hydrogen-bond donors (Lipinski definition) is 2. The molecule has 5 heteroatoms. The minimum Gasteiger partial charge on any atom is -0.361 e. The molecule has 1 aromatic carbocycles. The van der Waals surface area contributed by atoms with Gasteiger partial charge in [-0.3, -0.25) is 5.84 Å². The summed E-state index contributed by atoms with van der Waals surface area (Å²) in [5, 5.41) is 3.26. The minimum atomic E-state index is 0. The van der Waals surface area contributed by atoms with Gasteiger partial charge in [0.05, 0.1) is 0 Å². The highest BCUT2D eigenvalue weighted by molar-refractivity contribution is 5.85. The summed E-state index contributed by atoms with van der Waals surface area (Å²) in [5.74, 6) is 5.76. The second-order valence-electron chi connectivity index (χ2n) is 4.99. The summed E-state index contributed by atoms with van der Waals surface area (Å²) in [4.78, 5) is 5.83. The molecule has 19 heavy (non-hydrogen) atoms. The lowest BCUT2D eigenvalue weighted by atomic mass is 10.1. The van der Waals surface area contributed by atoms with Crippen molar-refractivity contribution < 1.29 is 0 Å². The van der Waals surface area contributed by atoms with Crippen molar-refractivity contribution in [2.45, 2.75) is 6.42 Å². The predicted octanol–water partition coefficient (Wildman–Crippen LogP) is 1.62. The van der Waals surface area contributed by atoms with Crippen molar-refractivity contribution in [2.24, 2.45) is 5.84 Å². The van der Waals surface area contributed by atoms with E-state index >= 15 is 0 Å². The lowest BCUT2D eigenvalue weighted by Crippen LogP contribution is -2.49. The van der Waals surface area contributed by atoms with Gasteiger partial charge in [-0.2, -0.15) is 0 Å². The summed E-state index contributed by atoms with van der Waals surface area (Å²) < 4.78 is 0. The standard InChI is InChI=1S/C14H20N4.ClH/c15-18-9-7-17(8-10-18)6-5-12-11-16-14-4-2-1-3-13(12)14;/h1-4,11,16H,5-10,15H2;1H. The van der Waals surface area contributed by atoms with Gasteiger partial charge in [0, 0.05) is 49.8 Å². The fourth-order valence-corrected chi connectivity index (χ4v) is 2.60. The van der Waals surface area contributed by atoms with E-state index in [1.807, 2.05) is 5.01 Å². The molecule has 3 N–H and O–H groups in total. The molecule has 0 atom stereocenters. The van der Waals surface area contributed by atoms with Crippen LogP contribution < -0.4 is 5.84 Å². The van der Waals surface area contributed by atoms with Gasteiger partial charge in [-0.25, -0.2) is 5.01 Å². The summed E-state index contributed by atoms with van der Waals surface area (Å²) in [6, 6.07) is 8.50. The van der Waals surface area contributed by atoms with Gasteiger partial charge >= 0.3 is 0 Å². The molecule has 1 fully saturated rings. The summed E-state index contributed by atoms with van der Waals surface area (Å²) in [5.41, 5.74) is 2.65. The number of hydrazine groups is 1. The number of nitrogens with zero attached hydrogens (tertiary/aromatic N) is 2. The van der Waals surface area contributed by atoms with Crippen molar-refractivity contribution in [3.05, 3.63) is 36.0 Å². The largest absolute Gasteiger partial charge is 0.361 e. The fourth-order valence-electron chi connectivity index (χ4n) is 2.60. The quantitative estimate of drug-likeness (QED) is 0.840. The first-order chi connectivity index (χ1) is 8.83. The van der Waals surface area contributed by atoms with Gasteiger partial charge in [-0.1, -0.05) is 18.2 Å². The van der Waals surface area contributed by atoms with E-state index in [2.05, 4.69) is 40.3 Å². The van der Waals surface area contributed by atoms with E-state index in [0.29, 0.717) is 0 Å². The van der Waals surface area contributed by atoms with E-state index in [4.69, 9.17) is 5.84 Å². The fraction of sp³-hybridized carbons (Fsp3) is 0.429. The molecule has 1 aromatic heterocycles. The Hall–Kier alpha value is -1.07. The molecule has 2 heterocycles. The zero-order valence-corrected chi connectivity index (χ0v) is 11.8. The lowest BCUT2D eigenvalue weighted by molar-refractivity contribution is 0.135. The molecule has 2 aromatic rings. The Kier molecular flexibility index (Phi) is 4.82. The van der Waals surface area contributed by atoms with Crippen molar-refractivity contribution in [1.82, 2.24) is 14.9 Å². The first-order valence-corrected chi connectivity index (χ1v) is 6.60. The van der Waals surface area contributed by atoms with E-state index in [9.17, 15) is 0 Å². The number of halogens is 1. The Morgan fingerprint density at radius 3 is 2.63 bits per heavy atom. The Balaban J connectivity index is 0.00000133. The maximum absolute atomic E-state index is 5.76. The number of nitrogens with one attached hydrogen (secondary N) is 1. The highest BCUT2D eigenvalue weighted by Crippen LogP contribution is 2.18. The van der Waals surface area contributed by atoms with Crippen LogP contribution in [-0.2, 0) is 6.42 Å². The van der Waals surface area contributed by atoms with Gasteiger partial charge in [0.2, 0.25) is 0 Å². The molecule has 4 nitrogen and oxygen atoms in total. The van der Waals surface area contributed by atoms with Crippen LogP contribution in [0.4, 0.5) is 0 Å². The van der Waals surface area contributed by atoms with E-state index < -0.39 is 0 Å². The second kappa shape index (κ2) is 6.39. The number of aromatic nitrogens is 1. The van der Waals surface area contributed by atoms with Crippen molar-refractivity contribution in [3.8, 4) is 0 Å². The zero-order valence-electron chi connectivity index (χ0n) is 11.0. The molecule has 1 aliphatic heterocycles. The summed E-state index contributed by atoms with van der Waals surface area (Å²) in [6.45, 7) is 5.25. The third-order valence-corrected chi connectivity index (χ3v) is 3.78. The van der Waals surface area contributed by atoms with Crippen LogP contribution in [0.25, 0.3) is 10.9 Å². The van der Waals surface area contributed by atoms with Crippen molar-refractivity contribution >= 4 is 23.3 Å². The molecule has 3 rings (SSSR count). The van der Waals surface area contributed by atoms with Crippen LogP contribution in [0.15, 0.2) is 30.5 Å². The number of rotatable bonds is 3. The number of hydrogen-bond acceptors (Lipinski definition) is 3. The molecular weight excluding hydrogens is 260 g/mol. The number of para-hydroxylation sites is 1. The third kappa shape index (κ3) is 3.28. The van der Waals surface area contributed by atoms with Crippen molar-refractivity contribution in [2.75, 3.05) is 32.7 Å². The van der Waals surface area contributed by atoms with Gasteiger partial charge in [0.1, 0.15) is 0 Å². The normalized spacial score (nSPS) is 17.5. The van der Waals surface area contributed by atoms with Crippen molar-refractivity contribution in [3.63, 3.8) is 0 Å². The Labute approximate surface area is 119 Å². The van der Waals surface area contributed by atoms with Crippen LogP contribution >= 0.6 is 12.4 Å². The highest BCUT2D eigenvalue weighted by atomic mass is 35.5. The maximum atomic E-state index is 5.76. The number of benzene rings is 1. The predicted molar refractivity (Wildman–Crippen MR) is 81.5 cm³/mol. The molecule has 0 spiro atoms. The first-order valence-electron chi connectivity index (χ1n) is 6.60. The smallest absolute Gasteiger partial charge is 0.0456 e. The van der Waals surface area contributed by atoms with Crippen LogP contribution in [0.5, 0.6) is 0 Å². The number of piperazine rings is 1. The van der Waals surface area contributed by atoms with Crippen LogP contribution in [0.2, 0.25) is 0 Å². The van der Waals surface area contributed by atoms with E-state index in [1.165, 1.54) is 16.5 Å². The van der Waals surface area contributed by atoms with Gasteiger partial charge in [0.25, 0.3) is 0 Å². The topological polar surface area (TPSA) is 48.3 Å². The number of fused-ring (bicyclic) bond motifs is 1. The Morgan fingerprint density at radius 2 is 1.84 bits per heavy atom. The van der Waals surface area contributed by atoms with E-state index in [1.54, 1.807) is 0 Å². The van der Waals surface area contributed by atoms with Crippen LogP contribution in [0.3, 0.4) is 0 Å². The molecule has 0 saturated carbocycles. The summed E-state index contributed by atoms with van der Waals surface area (Å²) in [7, 11) is 0. The molecular formula is C14H21ClN4. The zero-order chi connectivity index (χ0) is 12.4. The van der Waals surface area contributed by atoms with Crippen LogP contribution in [-0.4, -0.2) is 47.6 Å². The van der Waals surface area contributed by atoms with Gasteiger partial charge < -0.3 is 9.88 Å². The minimum absolute atomic E-state index is 0. The van der Waals surface area contributed by atoms with Crippen LogP contribution in [0.1, 0.15) is 5.56 Å². The first kappa shape index (κ1) is 14.3. The molecule has 0 bridgehead atoms. The molecule has 0 aliphatic carbocycles. The molecule has 1 saturated heterocycles. The molecule has 0 amide bonds. The second-order valence-corrected chi connectivity index (χ2v) is 4.99. The Bertz CT molecular complexity index is 517. The Morgan fingerprint density at radius 1 is 1.11 bits per heavy atom.